The van der Waals surface area contributed by atoms with Crippen LogP contribution in [-0.2, 0) is 0 Å². The first-order chi connectivity index (χ1) is 15.6. The molecule has 2 atom stereocenters. The molecule has 1 fully saturated rings. The summed E-state index contributed by atoms with van der Waals surface area (Å²) in [6.07, 6.45) is 5.19. The monoisotopic (exact) mass is 441 g/mol. The summed E-state index contributed by atoms with van der Waals surface area (Å²) in [5.74, 6) is 0.561. The summed E-state index contributed by atoms with van der Waals surface area (Å²) < 4.78 is 18.7. The smallest absolute Gasteiger partial charge is 0.325 e. The Kier molecular flexibility index (Phi) is 5.13. The number of halogens is 1. The minimum Gasteiger partial charge on any atom is -0.346 e. The molecule has 1 N–H and O–H groups in total. The fourth-order valence-electron chi connectivity index (χ4n) is 3.42. The molecule has 1 aromatic carbocycles. The van der Waals surface area contributed by atoms with Gasteiger partial charge in [0.25, 0.3) is 0 Å². The zero-order chi connectivity index (χ0) is 23.9. The van der Waals surface area contributed by atoms with Crippen molar-refractivity contribution in [3.05, 3.63) is 59.8 Å². The van der Waals surface area contributed by atoms with Crippen molar-refractivity contribution in [2.75, 3.05) is 23.8 Å². The Hall–Kier alpha value is -3.13. The van der Waals surface area contributed by atoms with Crippen molar-refractivity contribution in [3.63, 3.8) is 0 Å². The van der Waals surface area contributed by atoms with Gasteiger partial charge in [0.15, 0.2) is 0 Å². The van der Waals surface area contributed by atoms with Gasteiger partial charge in [-0.25, -0.2) is 14.8 Å². The molecule has 8 nitrogen and oxygen atoms in total. The molecule has 0 bridgehead atoms. The van der Waals surface area contributed by atoms with Crippen molar-refractivity contribution >= 4 is 29.4 Å². The highest BCUT2D eigenvalue weighted by atomic mass is 35.5. The Bertz CT molecular complexity index is 1150. The number of aromatic nitrogens is 4. The molecular weight excluding hydrogens is 414 g/mol. The van der Waals surface area contributed by atoms with Gasteiger partial charge < -0.3 is 14.8 Å². The predicted octanol–water partition coefficient (Wildman–Crippen LogP) is 4.39. The Balaban J connectivity index is 1.55. The molecule has 0 spiro atoms. The van der Waals surface area contributed by atoms with Gasteiger partial charge in [0, 0.05) is 36.6 Å². The minimum atomic E-state index is -1.81. The van der Waals surface area contributed by atoms with E-state index in [0.717, 1.165) is 16.3 Å². The van der Waals surface area contributed by atoms with E-state index in [4.69, 9.17) is 14.3 Å². The maximum Gasteiger partial charge on any atom is 0.325 e. The van der Waals surface area contributed by atoms with Crippen LogP contribution in [0, 0.1) is 5.92 Å². The zero-order valence-electron chi connectivity index (χ0n) is 19.8. The third kappa shape index (κ3) is 4.34. The van der Waals surface area contributed by atoms with Gasteiger partial charge in [-0.05, 0) is 43.2 Å². The van der Waals surface area contributed by atoms with E-state index in [1.807, 2.05) is 55.8 Å². The van der Waals surface area contributed by atoms with Crippen molar-refractivity contribution in [1.82, 2.24) is 24.4 Å². The van der Waals surface area contributed by atoms with Crippen molar-refractivity contribution in [3.8, 4) is 5.69 Å². The lowest BCUT2D eigenvalue weighted by molar-refractivity contribution is 0.229. The van der Waals surface area contributed by atoms with Crippen LogP contribution in [0.15, 0.2) is 49.1 Å². The Morgan fingerprint density at radius 1 is 1.19 bits per heavy atom. The number of hydrogen-bond acceptors (Lipinski definition) is 5. The second kappa shape index (κ2) is 8.55. The van der Waals surface area contributed by atoms with Crippen LogP contribution in [0.1, 0.15) is 35.2 Å². The normalized spacial score (nSPS) is 20.1. The fraction of sp³-hybridized carbons (Fsp3) is 0.364. The third-order valence-corrected chi connectivity index (χ3v) is 5.38. The van der Waals surface area contributed by atoms with Gasteiger partial charge in [-0.2, -0.15) is 4.98 Å². The van der Waals surface area contributed by atoms with Crippen LogP contribution in [-0.4, -0.2) is 50.0 Å². The van der Waals surface area contributed by atoms with Gasteiger partial charge in [-0.1, -0.05) is 25.4 Å². The zero-order valence-corrected chi connectivity index (χ0v) is 18.6. The van der Waals surface area contributed by atoms with Gasteiger partial charge in [0.1, 0.15) is 5.82 Å². The number of nitrogens with zero attached hydrogens (tertiary/aromatic N) is 6. The first-order valence-electron chi connectivity index (χ1n) is 11.1. The van der Waals surface area contributed by atoms with Gasteiger partial charge in [0.05, 0.1) is 26.8 Å². The predicted molar refractivity (Wildman–Crippen MR) is 122 cm³/mol. The lowest BCUT2D eigenvalue weighted by Gasteiger charge is -2.25. The van der Waals surface area contributed by atoms with Crippen molar-refractivity contribution < 1.29 is 7.54 Å². The molecule has 4 rings (SSSR count). The number of anilines is 2. The molecule has 2 aromatic heterocycles. The van der Waals surface area contributed by atoms with Crippen LogP contribution in [0.4, 0.5) is 16.6 Å². The highest BCUT2D eigenvalue weighted by molar-refractivity contribution is 6.30. The highest BCUT2D eigenvalue weighted by Gasteiger charge is 2.38. The minimum absolute atomic E-state index is 0.115. The molecule has 9 heteroatoms. The van der Waals surface area contributed by atoms with E-state index in [1.54, 1.807) is 18.6 Å². The van der Waals surface area contributed by atoms with Crippen molar-refractivity contribution in [2.24, 2.45) is 5.92 Å². The molecule has 0 saturated carbocycles. The fourth-order valence-corrected chi connectivity index (χ4v) is 3.54. The molecule has 1 aliphatic rings. The Labute approximate surface area is 189 Å². The number of nitrogens with one attached hydrogen (secondary N) is 1. The number of carbonyl (C=O) groups is 1. The van der Waals surface area contributed by atoms with Crippen LogP contribution in [0.25, 0.3) is 5.69 Å². The molecule has 0 unspecified atom stereocenters. The molecule has 31 heavy (non-hydrogen) atoms. The van der Waals surface area contributed by atoms with E-state index in [9.17, 15) is 4.79 Å². The number of amides is 2. The lowest BCUT2D eigenvalue weighted by atomic mass is 10.0. The molecule has 3 aromatic rings. The average Bonchev–Trinajstić information content (AvgIpc) is 3.33. The van der Waals surface area contributed by atoms with Crippen LogP contribution in [0.2, 0.25) is 5.02 Å². The molecule has 0 radical (unpaired) electrons. The average molecular weight is 442 g/mol. The van der Waals surface area contributed by atoms with Gasteiger partial charge >= 0.3 is 6.03 Å². The second-order valence-electron chi connectivity index (χ2n) is 7.82. The number of hydrogen-bond donors (Lipinski definition) is 1. The summed E-state index contributed by atoms with van der Waals surface area (Å²) in [6, 6.07) is 7.76. The van der Waals surface area contributed by atoms with E-state index in [0.29, 0.717) is 16.8 Å². The number of urea groups is 1. The molecule has 162 valence electrons. The number of carbonyl (C=O) groups excluding carboxylic acids is 1. The number of likely N-dealkylation sites (N-methyl/N-ethyl adjacent to an activating group) is 1. The lowest BCUT2D eigenvalue weighted by Crippen LogP contribution is -2.38. The van der Waals surface area contributed by atoms with E-state index in [1.165, 1.54) is 11.9 Å². The molecule has 3 heterocycles. The Morgan fingerprint density at radius 2 is 1.94 bits per heavy atom. The summed E-state index contributed by atoms with van der Waals surface area (Å²) in [6.45, 7) is 3.91. The third-order valence-electron chi connectivity index (χ3n) is 5.13. The molecular formula is C22H26ClN7O. The van der Waals surface area contributed by atoms with E-state index in [-0.39, 0.29) is 12.0 Å². The second-order valence-corrected chi connectivity index (χ2v) is 8.25. The summed E-state index contributed by atoms with van der Waals surface area (Å²) in [7, 11) is 1.47. The molecule has 2 amide bonds. The maximum absolute atomic E-state index is 12.9. The number of rotatable bonds is 6. The first kappa shape index (κ1) is 18.6. The molecule has 1 aliphatic heterocycles. The van der Waals surface area contributed by atoms with Gasteiger partial charge in [-0.15, -0.1) is 0 Å². The molecule has 1 saturated heterocycles. The van der Waals surface area contributed by atoms with Crippen LogP contribution < -0.4 is 10.2 Å². The number of imidazole rings is 1. The van der Waals surface area contributed by atoms with Crippen LogP contribution >= 0.6 is 11.6 Å². The highest BCUT2D eigenvalue weighted by Crippen LogP contribution is 2.27. The number of benzene rings is 1. The van der Waals surface area contributed by atoms with E-state index >= 15 is 0 Å². The summed E-state index contributed by atoms with van der Waals surface area (Å²) in [5.41, 5.74) is 1.72. The topological polar surface area (TPSA) is 79.2 Å². The maximum atomic E-state index is 12.9. The SMILES string of the molecule is [2H]C1([2H])[C@H](C(C)C)N(c2ccnc(N[C@@H](C)c3cn(-c4ccc(Cl)cc4)cn3)n2)C(=O)N1C. The van der Waals surface area contributed by atoms with Gasteiger partial charge in [0.2, 0.25) is 5.95 Å². The largest absolute Gasteiger partial charge is 0.346 e. The van der Waals surface area contributed by atoms with Crippen LogP contribution in [0.5, 0.6) is 0 Å². The van der Waals surface area contributed by atoms with Crippen LogP contribution in [0.3, 0.4) is 0 Å². The van der Waals surface area contributed by atoms with Crippen molar-refractivity contribution in [1.29, 1.82) is 0 Å². The Morgan fingerprint density at radius 3 is 2.65 bits per heavy atom. The van der Waals surface area contributed by atoms with E-state index in [2.05, 4.69) is 20.3 Å². The van der Waals surface area contributed by atoms with Gasteiger partial charge in [-0.3, -0.25) is 4.90 Å². The summed E-state index contributed by atoms with van der Waals surface area (Å²) >= 11 is 5.97. The summed E-state index contributed by atoms with van der Waals surface area (Å²) in [5, 5.41) is 3.89. The molecule has 0 aliphatic carbocycles. The first-order valence-corrected chi connectivity index (χ1v) is 10.4. The van der Waals surface area contributed by atoms with E-state index < -0.39 is 18.6 Å². The standard InChI is InChI=1S/C22H26ClN7O/c1-14(2)19-12-28(4)22(31)30(19)20-9-10-24-21(27-20)26-15(3)18-11-29(13-25-18)17-7-5-16(23)6-8-17/h5-11,13-15,19H,12H2,1-4H3,(H,24,26,27)/t15-,19+/m0/s1/i12D2. The quantitative estimate of drug-likeness (QED) is 0.613. The van der Waals surface area contributed by atoms with Crippen molar-refractivity contribution in [2.45, 2.75) is 32.9 Å². The summed E-state index contributed by atoms with van der Waals surface area (Å²) in [4.78, 5) is 28.7.